The van der Waals surface area contributed by atoms with Crippen LogP contribution in [0.15, 0.2) is 36.4 Å². The molecule has 0 spiro atoms. The predicted octanol–water partition coefficient (Wildman–Crippen LogP) is 3.20. The van der Waals surface area contributed by atoms with Gasteiger partial charge in [-0.25, -0.2) is 4.98 Å². The largest absolute Gasteiger partial charge is 0.357 e. The molecule has 3 rings (SSSR count). The Kier molecular flexibility index (Phi) is 3.88. The summed E-state index contributed by atoms with van der Waals surface area (Å²) in [5.74, 6) is 1.09. The number of nitrogens with one attached hydrogen (secondary N) is 1. The molecule has 1 aromatic carbocycles. The molecule has 106 valence electrons. The number of hydrogen-bond acceptors (Lipinski definition) is 3. The molecule has 1 aromatic heterocycles. The Morgan fingerprint density at radius 3 is 2.55 bits per heavy atom. The Bertz CT molecular complexity index is 573. The number of para-hydroxylation sites is 1. The number of pyridine rings is 1. The summed E-state index contributed by atoms with van der Waals surface area (Å²) in [5.41, 5.74) is 1.08. The molecule has 20 heavy (non-hydrogen) atoms. The number of benzene rings is 1. The third kappa shape index (κ3) is 2.63. The van der Waals surface area contributed by atoms with Crippen molar-refractivity contribution in [1.82, 2.24) is 10.3 Å². The molecule has 3 nitrogen and oxygen atoms in total. The summed E-state index contributed by atoms with van der Waals surface area (Å²) in [6, 6.07) is 14.0. The Hall–Kier alpha value is -1.61. The van der Waals surface area contributed by atoms with E-state index in [1.54, 1.807) is 0 Å². The Morgan fingerprint density at radius 2 is 1.80 bits per heavy atom. The van der Waals surface area contributed by atoms with Crippen LogP contribution >= 0.6 is 0 Å². The summed E-state index contributed by atoms with van der Waals surface area (Å²) in [5, 5.41) is 4.60. The lowest BCUT2D eigenvalue weighted by atomic mass is 9.90. The van der Waals surface area contributed by atoms with Gasteiger partial charge in [-0.2, -0.15) is 0 Å². The number of fused-ring (bicyclic) bond motifs is 1. The maximum Gasteiger partial charge on any atom is 0.129 e. The van der Waals surface area contributed by atoms with Crippen molar-refractivity contribution in [1.29, 1.82) is 0 Å². The normalized spacial score (nSPS) is 22.9. The van der Waals surface area contributed by atoms with E-state index in [-0.39, 0.29) is 0 Å². The molecule has 0 unspecified atom stereocenters. The topological polar surface area (TPSA) is 28.2 Å². The second-order valence-corrected chi connectivity index (χ2v) is 5.77. The molecule has 3 heteroatoms. The predicted molar refractivity (Wildman–Crippen MR) is 85.2 cm³/mol. The lowest BCUT2D eigenvalue weighted by Crippen LogP contribution is -2.40. The van der Waals surface area contributed by atoms with Gasteiger partial charge in [0.15, 0.2) is 0 Å². The minimum Gasteiger partial charge on any atom is -0.357 e. The SMILES string of the molecule is CNC1CCC(N(C)c2ccc3ccccc3n2)CC1. The van der Waals surface area contributed by atoms with E-state index in [2.05, 4.69) is 60.7 Å². The van der Waals surface area contributed by atoms with Crippen LogP contribution in [0.5, 0.6) is 0 Å². The Morgan fingerprint density at radius 1 is 1.05 bits per heavy atom. The van der Waals surface area contributed by atoms with Crippen LogP contribution in [0.2, 0.25) is 0 Å². The van der Waals surface area contributed by atoms with Gasteiger partial charge in [0.25, 0.3) is 0 Å². The molecule has 2 aromatic rings. The molecule has 1 fully saturated rings. The molecule has 0 aliphatic heterocycles. The molecule has 1 N–H and O–H groups in total. The van der Waals surface area contributed by atoms with Crippen molar-refractivity contribution in [3.8, 4) is 0 Å². The highest BCUT2D eigenvalue weighted by molar-refractivity contribution is 5.80. The molecule has 0 atom stereocenters. The van der Waals surface area contributed by atoms with Gasteiger partial charge in [-0.3, -0.25) is 0 Å². The first-order chi connectivity index (χ1) is 9.78. The lowest BCUT2D eigenvalue weighted by Gasteiger charge is -2.35. The van der Waals surface area contributed by atoms with Crippen LogP contribution in [0.3, 0.4) is 0 Å². The fourth-order valence-corrected chi connectivity index (χ4v) is 3.19. The van der Waals surface area contributed by atoms with Gasteiger partial charge < -0.3 is 10.2 Å². The van der Waals surface area contributed by atoms with E-state index in [9.17, 15) is 0 Å². The van der Waals surface area contributed by atoms with Crippen LogP contribution in [0.4, 0.5) is 5.82 Å². The van der Waals surface area contributed by atoms with E-state index < -0.39 is 0 Å². The van der Waals surface area contributed by atoms with Gasteiger partial charge in [0, 0.05) is 24.5 Å². The van der Waals surface area contributed by atoms with Crippen molar-refractivity contribution in [2.75, 3.05) is 19.0 Å². The van der Waals surface area contributed by atoms with Crippen LogP contribution in [-0.4, -0.2) is 31.2 Å². The smallest absolute Gasteiger partial charge is 0.129 e. The number of rotatable bonds is 3. The highest BCUT2D eigenvalue weighted by Gasteiger charge is 2.23. The van der Waals surface area contributed by atoms with Crippen molar-refractivity contribution >= 4 is 16.7 Å². The standard InChI is InChI=1S/C17H23N3/c1-18-14-8-10-15(11-9-14)20(2)17-12-7-13-5-3-4-6-16(13)19-17/h3-7,12,14-15,18H,8-11H2,1-2H3. The van der Waals surface area contributed by atoms with Gasteiger partial charge in [0.1, 0.15) is 5.82 Å². The summed E-state index contributed by atoms with van der Waals surface area (Å²) in [6.07, 6.45) is 5.02. The maximum absolute atomic E-state index is 4.80. The van der Waals surface area contributed by atoms with Crippen molar-refractivity contribution in [3.63, 3.8) is 0 Å². The van der Waals surface area contributed by atoms with Gasteiger partial charge in [0.05, 0.1) is 5.52 Å². The molecule has 0 saturated heterocycles. The van der Waals surface area contributed by atoms with Gasteiger partial charge in [0.2, 0.25) is 0 Å². The Balaban J connectivity index is 1.77. The second-order valence-electron chi connectivity index (χ2n) is 5.77. The summed E-state index contributed by atoms with van der Waals surface area (Å²) in [7, 11) is 4.25. The van der Waals surface area contributed by atoms with Crippen molar-refractivity contribution in [2.24, 2.45) is 0 Å². The fraction of sp³-hybridized carbons (Fsp3) is 0.471. The van der Waals surface area contributed by atoms with Gasteiger partial charge in [-0.1, -0.05) is 18.2 Å². The van der Waals surface area contributed by atoms with Gasteiger partial charge in [-0.05, 0) is 50.9 Å². The number of nitrogens with zero attached hydrogens (tertiary/aromatic N) is 2. The lowest BCUT2D eigenvalue weighted by molar-refractivity contribution is 0.350. The maximum atomic E-state index is 4.80. The van der Waals surface area contributed by atoms with E-state index in [1.807, 2.05) is 0 Å². The van der Waals surface area contributed by atoms with Crippen LogP contribution in [0.25, 0.3) is 10.9 Å². The van der Waals surface area contributed by atoms with Crippen LogP contribution in [0, 0.1) is 0 Å². The first kappa shape index (κ1) is 13.4. The highest BCUT2D eigenvalue weighted by atomic mass is 15.2. The zero-order chi connectivity index (χ0) is 13.9. The van der Waals surface area contributed by atoms with Crippen molar-refractivity contribution in [2.45, 2.75) is 37.8 Å². The summed E-state index contributed by atoms with van der Waals surface area (Å²) < 4.78 is 0. The average molecular weight is 269 g/mol. The van der Waals surface area contributed by atoms with Crippen molar-refractivity contribution in [3.05, 3.63) is 36.4 Å². The molecule has 1 aliphatic carbocycles. The fourth-order valence-electron chi connectivity index (χ4n) is 3.19. The van der Waals surface area contributed by atoms with Crippen LogP contribution in [0.1, 0.15) is 25.7 Å². The molecule has 0 radical (unpaired) electrons. The zero-order valence-corrected chi connectivity index (χ0v) is 12.3. The summed E-state index contributed by atoms with van der Waals surface area (Å²) in [4.78, 5) is 7.16. The quantitative estimate of drug-likeness (QED) is 0.927. The molecular formula is C17H23N3. The van der Waals surface area contributed by atoms with E-state index in [1.165, 1.54) is 31.1 Å². The molecule has 1 aliphatic rings. The van der Waals surface area contributed by atoms with Gasteiger partial charge >= 0.3 is 0 Å². The summed E-state index contributed by atoms with van der Waals surface area (Å²) in [6.45, 7) is 0. The first-order valence-corrected chi connectivity index (χ1v) is 7.54. The zero-order valence-electron chi connectivity index (χ0n) is 12.3. The van der Waals surface area contributed by atoms with E-state index in [0.29, 0.717) is 12.1 Å². The second kappa shape index (κ2) is 5.80. The number of hydrogen-bond donors (Lipinski definition) is 1. The third-order valence-corrected chi connectivity index (χ3v) is 4.60. The molecule has 1 saturated carbocycles. The van der Waals surface area contributed by atoms with Crippen molar-refractivity contribution < 1.29 is 0 Å². The minimum atomic E-state index is 0.619. The van der Waals surface area contributed by atoms with Crippen LogP contribution < -0.4 is 10.2 Å². The third-order valence-electron chi connectivity index (χ3n) is 4.60. The highest BCUT2D eigenvalue weighted by Crippen LogP contribution is 2.26. The molecular weight excluding hydrogens is 246 g/mol. The van der Waals surface area contributed by atoms with E-state index >= 15 is 0 Å². The molecule has 0 amide bonds. The molecule has 1 heterocycles. The number of aromatic nitrogens is 1. The van der Waals surface area contributed by atoms with Gasteiger partial charge in [-0.15, -0.1) is 0 Å². The van der Waals surface area contributed by atoms with E-state index in [0.717, 1.165) is 11.3 Å². The summed E-state index contributed by atoms with van der Waals surface area (Å²) >= 11 is 0. The average Bonchev–Trinajstić information content (AvgIpc) is 2.54. The van der Waals surface area contributed by atoms with Crippen LogP contribution in [-0.2, 0) is 0 Å². The molecule has 0 bridgehead atoms. The first-order valence-electron chi connectivity index (χ1n) is 7.54. The monoisotopic (exact) mass is 269 g/mol. The number of anilines is 1. The Labute approximate surface area is 121 Å². The minimum absolute atomic E-state index is 0.619. The van der Waals surface area contributed by atoms with E-state index in [4.69, 9.17) is 4.98 Å².